The summed E-state index contributed by atoms with van der Waals surface area (Å²) >= 11 is 1.51. The van der Waals surface area contributed by atoms with E-state index in [9.17, 15) is 9.18 Å². The topological polar surface area (TPSA) is 69.2 Å². The maximum atomic E-state index is 13.3. The molecule has 140 valence electrons. The van der Waals surface area contributed by atoms with Gasteiger partial charge in [-0.3, -0.25) is 4.79 Å². The fourth-order valence-electron chi connectivity index (χ4n) is 3.39. The molecule has 0 saturated carbocycles. The number of H-pyrrole nitrogens is 1. The van der Waals surface area contributed by atoms with Crippen LogP contribution in [0.3, 0.4) is 0 Å². The zero-order valence-electron chi connectivity index (χ0n) is 14.7. The third kappa shape index (κ3) is 3.94. The van der Waals surface area contributed by atoms with Crippen LogP contribution in [0.15, 0.2) is 35.7 Å². The van der Waals surface area contributed by atoms with Crippen LogP contribution in [0.2, 0.25) is 0 Å². The van der Waals surface area contributed by atoms with E-state index in [1.165, 1.54) is 23.5 Å². The number of nitrogens with one attached hydrogen (secondary N) is 1. The van der Waals surface area contributed by atoms with Crippen LogP contribution in [-0.4, -0.2) is 39.0 Å². The van der Waals surface area contributed by atoms with E-state index < -0.39 is 0 Å². The van der Waals surface area contributed by atoms with Gasteiger partial charge in [-0.25, -0.2) is 9.37 Å². The molecule has 1 aliphatic rings. The molecule has 0 bridgehead atoms. The summed E-state index contributed by atoms with van der Waals surface area (Å²) in [6, 6.07) is 6.44. The first kappa shape index (κ1) is 17.9. The highest BCUT2D eigenvalue weighted by atomic mass is 32.1. The van der Waals surface area contributed by atoms with Gasteiger partial charge < -0.3 is 15.0 Å². The van der Waals surface area contributed by atoms with Crippen LogP contribution in [0.25, 0.3) is 17.1 Å². The summed E-state index contributed by atoms with van der Waals surface area (Å²) in [5.74, 6) is 0.840. The van der Waals surface area contributed by atoms with Gasteiger partial charge in [0.25, 0.3) is 0 Å². The molecule has 0 radical (unpaired) electrons. The summed E-state index contributed by atoms with van der Waals surface area (Å²) in [6.07, 6.45) is 5.05. The maximum Gasteiger partial charge on any atom is 0.246 e. The molecular formula is C20H20FN3O2S. The second kappa shape index (κ2) is 7.62. The monoisotopic (exact) mass is 385 g/mol. The normalized spacial score (nSPS) is 15.9. The minimum absolute atomic E-state index is 0.000856. The summed E-state index contributed by atoms with van der Waals surface area (Å²) in [6.45, 7) is 1.36. The van der Waals surface area contributed by atoms with E-state index in [4.69, 9.17) is 5.11 Å². The summed E-state index contributed by atoms with van der Waals surface area (Å²) in [5, 5.41) is 11.0. The average molecular weight is 385 g/mol. The van der Waals surface area contributed by atoms with Gasteiger partial charge >= 0.3 is 0 Å². The van der Waals surface area contributed by atoms with Crippen LogP contribution in [0.5, 0.6) is 0 Å². The number of fused-ring (bicyclic) bond motifs is 1. The molecule has 27 heavy (non-hydrogen) atoms. The Hall–Kier alpha value is -2.51. The number of nitrogens with zero attached hydrogens (tertiary/aromatic N) is 2. The summed E-state index contributed by atoms with van der Waals surface area (Å²) < 4.78 is 13.3. The van der Waals surface area contributed by atoms with Crippen LogP contribution >= 0.6 is 11.3 Å². The van der Waals surface area contributed by atoms with Crippen LogP contribution in [0, 0.1) is 5.82 Å². The fourth-order valence-corrected chi connectivity index (χ4v) is 4.19. The van der Waals surface area contributed by atoms with Crippen LogP contribution in [0.1, 0.15) is 35.0 Å². The molecule has 1 saturated heterocycles. The van der Waals surface area contributed by atoms with Crippen LogP contribution in [0.4, 0.5) is 4.39 Å². The van der Waals surface area contributed by atoms with Gasteiger partial charge in [0.05, 0.1) is 17.6 Å². The van der Waals surface area contributed by atoms with Crippen molar-refractivity contribution in [2.75, 3.05) is 13.1 Å². The Morgan fingerprint density at radius 3 is 2.93 bits per heavy atom. The summed E-state index contributed by atoms with van der Waals surface area (Å²) in [7, 11) is 0. The SMILES string of the molecule is O=C(C=Cc1cc(CO)cs1)N1CCC(c2nc3ccc(F)cc3[nH]2)CC1. The number of rotatable bonds is 4. The van der Waals surface area contributed by atoms with Gasteiger partial charge in [0.2, 0.25) is 5.91 Å². The van der Waals surface area contributed by atoms with Crippen molar-refractivity contribution in [3.05, 3.63) is 57.8 Å². The molecule has 1 aliphatic heterocycles. The number of aromatic nitrogens is 2. The molecule has 4 rings (SSSR count). The lowest BCUT2D eigenvalue weighted by atomic mass is 9.96. The van der Waals surface area contributed by atoms with Crippen molar-refractivity contribution >= 4 is 34.4 Å². The van der Waals surface area contributed by atoms with E-state index in [-0.39, 0.29) is 24.2 Å². The smallest absolute Gasteiger partial charge is 0.246 e. The molecule has 1 fully saturated rings. The Morgan fingerprint density at radius 2 is 2.19 bits per heavy atom. The number of hydrogen-bond acceptors (Lipinski definition) is 4. The number of carbonyl (C=O) groups excluding carboxylic acids is 1. The van der Waals surface area contributed by atoms with Gasteiger partial charge in [0.15, 0.2) is 0 Å². The number of aliphatic hydroxyl groups is 1. The Morgan fingerprint density at radius 1 is 1.37 bits per heavy atom. The number of likely N-dealkylation sites (tertiary alicyclic amines) is 1. The predicted octanol–water partition coefficient (Wildman–Crippen LogP) is 3.68. The molecule has 0 aliphatic carbocycles. The third-order valence-corrected chi connectivity index (χ3v) is 5.85. The van der Waals surface area contributed by atoms with Gasteiger partial charge in [0, 0.05) is 30.0 Å². The fraction of sp³-hybridized carbons (Fsp3) is 0.300. The summed E-state index contributed by atoms with van der Waals surface area (Å²) in [5.41, 5.74) is 2.34. The van der Waals surface area contributed by atoms with Crippen LogP contribution < -0.4 is 0 Å². The van der Waals surface area contributed by atoms with E-state index in [2.05, 4.69) is 9.97 Å². The Balaban J connectivity index is 1.36. The van der Waals surface area contributed by atoms with E-state index in [0.29, 0.717) is 18.6 Å². The highest BCUT2D eigenvalue weighted by Crippen LogP contribution is 2.28. The molecule has 0 spiro atoms. The minimum atomic E-state index is -0.276. The van der Waals surface area contributed by atoms with Gasteiger partial charge in [-0.1, -0.05) is 0 Å². The molecule has 0 atom stereocenters. The molecule has 2 aromatic heterocycles. The number of benzene rings is 1. The molecule has 7 heteroatoms. The number of imidazole rings is 1. The van der Waals surface area contributed by atoms with Crippen molar-refractivity contribution in [3.8, 4) is 0 Å². The largest absolute Gasteiger partial charge is 0.392 e. The number of amides is 1. The number of piperidine rings is 1. The Labute approximate surface area is 160 Å². The molecule has 1 aromatic carbocycles. The van der Waals surface area contributed by atoms with Crippen molar-refractivity contribution in [3.63, 3.8) is 0 Å². The Bertz CT molecular complexity index is 986. The molecule has 0 unspecified atom stereocenters. The number of halogens is 1. The lowest BCUT2D eigenvalue weighted by molar-refractivity contribution is -0.127. The standard InChI is InChI=1S/C20H20FN3O2S/c21-15-1-3-17-18(10-15)23-20(22-17)14-5-7-24(8-6-14)19(26)4-2-16-9-13(11-25)12-27-16/h1-4,9-10,12,14,25H,5-8,11H2,(H,22,23). The van der Waals surface area contributed by atoms with Crippen LogP contribution in [-0.2, 0) is 11.4 Å². The molecule has 3 heterocycles. The number of aromatic amines is 1. The van der Waals surface area contributed by atoms with E-state index in [1.54, 1.807) is 18.2 Å². The van der Waals surface area contributed by atoms with Crippen molar-refractivity contribution in [1.29, 1.82) is 0 Å². The second-order valence-electron chi connectivity index (χ2n) is 6.73. The van der Waals surface area contributed by atoms with Crippen molar-refractivity contribution < 1.29 is 14.3 Å². The maximum absolute atomic E-state index is 13.3. The first-order valence-electron chi connectivity index (χ1n) is 8.93. The van der Waals surface area contributed by atoms with Crippen molar-refractivity contribution in [2.24, 2.45) is 0 Å². The lowest BCUT2D eigenvalue weighted by Crippen LogP contribution is -2.37. The quantitative estimate of drug-likeness (QED) is 0.673. The van der Waals surface area contributed by atoms with Gasteiger partial charge in [-0.05, 0) is 54.1 Å². The van der Waals surface area contributed by atoms with E-state index in [1.807, 2.05) is 16.3 Å². The summed E-state index contributed by atoms with van der Waals surface area (Å²) in [4.78, 5) is 23.0. The second-order valence-corrected chi connectivity index (χ2v) is 7.67. The Kier molecular flexibility index (Phi) is 5.05. The van der Waals surface area contributed by atoms with Gasteiger partial charge in [0.1, 0.15) is 11.6 Å². The average Bonchev–Trinajstić information content (AvgIpc) is 3.32. The van der Waals surface area contributed by atoms with E-state index in [0.717, 1.165) is 34.6 Å². The number of hydrogen-bond donors (Lipinski definition) is 2. The number of thiophene rings is 1. The lowest BCUT2D eigenvalue weighted by Gasteiger charge is -2.30. The first-order valence-corrected chi connectivity index (χ1v) is 9.81. The van der Waals surface area contributed by atoms with E-state index >= 15 is 0 Å². The molecular weight excluding hydrogens is 365 g/mol. The molecule has 1 amide bonds. The number of aliphatic hydroxyl groups excluding tert-OH is 1. The molecule has 3 aromatic rings. The zero-order chi connectivity index (χ0) is 18.8. The zero-order valence-corrected chi connectivity index (χ0v) is 15.5. The molecule has 2 N–H and O–H groups in total. The third-order valence-electron chi connectivity index (χ3n) is 4.90. The van der Waals surface area contributed by atoms with Crippen molar-refractivity contribution in [1.82, 2.24) is 14.9 Å². The van der Waals surface area contributed by atoms with Gasteiger partial charge in [-0.15, -0.1) is 11.3 Å². The highest BCUT2D eigenvalue weighted by Gasteiger charge is 2.25. The number of carbonyl (C=O) groups is 1. The predicted molar refractivity (Wildman–Crippen MR) is 104 cm³/mol. The molecule has 5 nitrogen and oxygen atoms in total. The minimum Gasteiger partial charge on any atom is -0.392 e. The van der Waals surface area contributed by atoms with Crippen molar-refractivity contribution in [2.45, 2.75) is 25.4 Å². The highest BCUT2D eigenvalue weighted by molar-refractivity contribution is 7.11. The first-order chi connectivity index (χ1) is 13.1. The van der Waals surface area contributed by atoms with Gasteiger partial charge in [-0.2, -0.15) is 0 Å².